The number of hydrogen-bond acceptors (Lipinski definition) is 6. The molecule has 0 spiro atoms. The quantitative estimate of drug-likeness (QED) is 0.134. The minimum absolute atomic E-state index is 0.378. The van der Waals surface area contributed by atoms with Gasteiger partial charge in [0.1, 0.15) is 0 Å². The van der Waals surface area contributed by atoms with E-state index in [-0.39, 0.29) is 0 Å². The molecule has 0 amide bonds. The van der Waals surface area contributed by atoms with E-state index in [1.807, 2.05) is 60.7 Å². The van der Waals surface area contributed by atoms with Gasteiger partial charge in [0, 0.05) is 71.3 Å². The van der Waals surface area contributed by atoms with Crippen molar-refractivity contribution in [2.75, 3.05) is 0 Å². The molecule has 0 saturated heterocycles. The molecule has 0 saturated carbocycles. The average Bonchev–Trinajstić information content (AvgIpc) is 1.64. The largest absolute Gasteiger partial charge is 0.309 e. The van der Waals surface area contributed by atoms with E-state index in [2.05, 4.69) is 262 Å². The molecule has 9 nitrogen and oxygen atoms in total. The highest BCUT2D eigenvalue weighted by Gasteiger charge is 2.28. The number of benzene rings is 13. The zero-order valence-electron chi connectivity index (χ0n) is 50.8. The minimum Gasteiger partial charge on any atom is -0.309 e. The number of fused-ring (bicyclic) bond motifs is 9. The van der Waals surface area contributed by atoms with Crippen molar-refractivity contribution in [1.29, 1.82) is 21.0 Å². The lowest BCUT2D eigenvalue weighted by Crippen LogP contribution is -2.06. The van der Waals surface area contributed by atoms with Crippen LogP contribution < -0.4 is 0 Å². The number of hydrogen-bond donors (Lipinski definition) is 0. The zero-order valence-corrected chi connectivity index (χ0v) is 50.8. The first-order chi connectivity index (χ1) is 46.9. The van der Waals surface area contributed by atoms with Crippen LogP contribution >= 0.6 is 0 Å². The molecular weight excluding hydrogens is 1160 g/mol. The normalized spacial score (nSPS) is 11.3. The SMILES string of the molecule is N#Cc1cc(C#N)cc(-c2ccc3c(c2)c2cc(-c4cc(C#N)cc(C#N)c4)ccc2n3-c2c(-c3ccccc3-n3c4ccccc4c4ccccc43)cc(-c3cc(-c4ccccc4)nc(-c4ccccc4)n3)cc2-c2ccccc2-n2c3ccccc3c3ccccc32)c1. The lowest BCUT2D eigenvalue weighted by Gasteiger charge is -2.24. The molecule has 0 aliphatic carbocycles. The van der Waals surface area contributed by atoms with Crippen LogP contribution in [0.2, 0.25) is 0 Å². The molecule has 438 valence electrons. The van der Waals surface area contributed by atoms with E-state index in [1.54, 1.807) is 12.1 Å². The maximum Gasteiger partial charge on any atom is 0.160 e. The number of nitriles is 4. The molecule has 0 fully saturated rings. The van der Waals surface area contributed by atoms with Gasteiger partial charge in [-0.15, -0.1) is 0 Å². The average molecular weight is 1210 g/mol. The van der Waals surface area contributed by atoms with Crippen LogP contribution in [0.1, 0.15) is 22.3 Å². The number of para-hydroxylation sites is 6. The molecule has 0 radical (unpaired) electrons. The summed E-state index contributed by atoms with van der Waals surface area (Å²) in [6, 6.07) is 112. The number of aromatic nitrogens is 5. The molecule has 0 atom stereocenters. The highest BCUT2D eigenvalue weighted by Crippen LogP contribution is 2.49. The zero-order chi connectivity index (χ0) is 63.7. The van der Waals surface area contributed by atoms with E-state index in [4.69, 9.17) is 9.97 Å². The van der Waals surface area contributed by atoms with Crippen LogP contribution in [0.3, 0.4) is 0 Å². The molecule has 0 aliphatic rings. The molecule has 17 rings (SSSR count). The van der Waals surface area contributed by atoms with Gasteiger partial charge < -0.3 is 13.7 Å². The van der Waals surface area contributed by atoms with E-state index in [0.29, 0.717) is 28.1 Å². The Labute approximate surface area is 546 Å². The fourth-order valence-electron chi connectivity index (χ4n) is 14.1. The predicted octanol–water partition coefficient (Wildman–Crippen LogP) is 20.9. The van der Waals surface area contributed by atoms with E-state index in [0.717, 1.165) is 155 Å². The third-order valence-electron chi connectivity index (χ3n) is 18.3. The van der Waals surface area contributed by atoms with Crippen LogP contribution in [-0.4, -0.2) is 23.7 Å². The Kier molecular flexibility index (Phi) is 13.2. The summed E-state index contributed by atoms with van der Waals surface area (Å²) in [5.41, 5.74) is 21.3. The summed E-state index contributed by atoms with van der Waals surface area (Å²) in [4.78, 5) is 10.9. The Morgan fingerprint density at radius 3 is 0.989 bits per heavy atom. The van der Waals surface area contributed by atoms with Crippen molar-refractivity contribution in [1.82, 2.24) is 23.7 Å². The number of nitrogens with zero attached hydrogens (tertiary/aromatic N) is 9. The molecular formula is C86H49N9. The summed E-state index contributed by atoms with van der Waals surface area (Å²) in [6.45, 7) is 0. The van der Waals surface area contributed by atoms with Gasteiger partial charge in [-0.3, -0.25) is 0 Å². The summed E-state index contributed by atoms with van der Waals surface area (Å²) >= 11 is 0. The first-order valence-electron chi connectivity index (χ1n) is 31.3. The molecule has 9 heteroatoms. The van der Waals surface area contributed by atoms with Crippen molar-refractivity contribution in [3.63, 3.8) is 0 Å². The molecule has 4 aromatic heterocycles. The topological polar surface area (TPSA) is 136 Å². The summed E-state index contributed by atoms with van der Waals surface area (Å²) < 4.78 is 7.20. The summed E-state index contributed by atoms with van der Waals surface area (Å²) in [7, 11) is 0. The monoisotopic (exact) mass is 1210 g/mol. The van der Waals surface area contributed by atoms with Gasteiger partial charge in [-0.2, -0.15) is 21.0 Å². The van der Waals surface area contributed by atoms with Gasteiger partial charge in [0.2, 0.25) is 0 Å². The fourth-order valence-corrected chi connectivity index (χ4v) is 14.1. The van der Waals surface area contributed by atoms with Crippen molar-refractivity contribution in [2.24, 2.45) is 0 Å². The molecule has 17 aromatic rings. The molecule has 0 bridgehead atoms. The molecule has 95 heavy (non-hydrogen) atoms. The molecule has 4 heterocycles. The second-order valence-corrected chi connectivity index (χ2v) is 23.7. The second kappa shape index (κ2) is 22.7. The second-order valence-electron chi connectivity index (χ2n) is 23.7. The van der Waals surface area contributed by atoms with Crippen LogP contribution in [0, 0.1) is 45.3 Å². The van der Waals surface area contributed by atoms with E-state index in [1.165, 1.54) is 0 Å². The van der Waals surface area contributed by atoms with Crippen molar-refractivity contribution in [2.45, 2.75) is 0 Å². The van der Waals surface area contributed by atoms with Gasteiger partial charge in [0.15, 0.2) is 5.82 Å². The fraction of sp³-hybridized carbons (Fsp3) is 0. The van der Waals surface area contributed by atoms with Gasteiger partial charge in [-0.25, -0.2) is 9.97 Å². The van der Waals surface area contributed by atoms with Crippen molar-refractivity contribution < 1.29 is 0 Å². The van der Waals surface area contributed by atoms with Gasteiger partial charge in [-0.1, -0.05) is 182 Å². The summed E-state index contributed by atoms with van der Waals surface area (Å²) in [6.07, 6.45) is 0. The Morgan fingerprint density at radius 1 is 0.232 bits per heavy atom. The third-order valence-corrected chi connectivity index (χ3v) is 18.3. The highest BCUT2D eigenvalue weighted by atomic mass is 15.0. The van der Waals surface area contributed by atoms with Gasteiger partial charge >= 0.3 is 0 Å². The predicted molar refractivity (Wildman–Crippen MR) is 382 cm³/mol. The lowest BCUT2D eigenvalue weighted by atomic mass is 9.90. The summed E-state index contributed by atoms with van der Waals surface area (Å²) in [5.74, 6) is 0.587. The maximum atomic E-state index is 10.3. The van der Waals surface area contributed by atoms with E-state index >= 15 is 0 Å². The van der Waals surface area contributed by atoms with Crippen LogP contribution in [0.4, 0.5) is 0 Å². The van der Waals surface area contributed by atoms with E-state index < -0.39 is 0 Å². The van der Waals surface area contributed by atoms with Gasteiger partial charge in [0.05, 0.1) is 108 Å². The molecule has 0 unspecified atom stereocenters. The van der Waals surface area contributed by atoms with E-state index in [9.17, 15) is 21.0 Å². The van der Waals surface area contributed by atoms with Crippen molar-refractivity contribution >= 4 is 65.4 Å². The van der Waals surface area contributed by atoms with Crippen LogP contribution in [0.15, 0.2) is 297 Å². The van der Waals surface area contributed by atoms with Crippen LogP contribution in [-0.2, 0) is 0 Å². The third kappa shape index (κ3) is 9.28. The first kappa shape index (κ1) is 55.4. The maximum absolute atomic E-state index is 10.3. The Hall–Kier alpha value is -13.7. The molecule has 0 N–H and O–H groups in total. The molecule has 0 aliphatic heterocycles. The lowest BCUT2D eigenvalue weighted by molar-refractivity contribution is 1.15. The first-order valence-corrected chi connectivity index (χ1v) is 31.3. The standard InChI is InChI=1S/C86H49N9/c87-50-54-39-55(51-88)42-62(41-54)60-35-37-83-71(45-60)72-46-61(63-43-56(52-89)40-57(44-63)53-90)36-38-84(72)95(83)85-73(69-27-11-17-33-81(69)93-77-29-13-7-23-65(77)66-24-8-14-30-78(66)93)47-64(76-49-75(58-19-3-1-4-20-58)91-86(92-76)59-21-5-2-6-22-59)48-74(85)70-28-12-18-34-82(70)94-79-31-15-9-25-67(79)68-26-10-16-32-80(68)94/h1-49H. The van der Waals surface area contributed by atoms with Crippen molar-refractivity contribution in [3.05, 3.63) is 320 Å². The smallest absolute Gasteiger partial charge is 0.160 e. The van der Waals surface area contributed by atoms with Crippen LogP contribution in [0.25, 0.3) is 161 Å². The van der Waals surface area contributed by atoms with Crippen molar-refractivity contribution in [3.8, 4) is 120 Å². The highest BCUT2D eigenvalue weighted by molar-refractivity contribution is 6.15. The number of rotatable bonds is 10. The Balaban J connectivity index is 1.07. The van der Waals surface area contributed by atoms with Crippen LogP contribution in [0.5, 0.6) is 0 Å². The Morgan fingerprint density at radius 2 is 0.579 bits per heavy atom. The Bertz CT molecular complexity index is 5680. The molecule has 13 aromatic carbocycles. The minimum atomic E-state index is 0.378. The van der Waals surface area contributed by atoms with Gasteiger partial charge in [-0.05, 0) is 138 Å². The van der Waals surface area contributed by atoms with Gasteiger partial charge in [0.25, 0.3) is 0 Å². The summed E-state index contributed by atoms with van der Waals surface area (Å²) in [5, 5.41) is 47.5.